The largest absolute Gasteiger partial charge is 0.416 e. The summed E-state index contributed by atoms with van der Waals surface area (Å²) >= 11 is 0. The molecule has 0 unspecified atom stereocenters. The van der Waals surface area contributed by atoms with Crippen LogP contribution in [0, 0.1) is 0 Å². The van der Waals surface area contributed by atoms with Crippen molar-refractivity contribution in [3.05, 3.63) is 41.5 Å². The summed E-state index contributed by atoms with van der Waals surface area (Å²) in [4.78, 5) is 11.4. The Balaban J connectivity index is 3.18. The molecule has 5 heteroatoms. The lowest BCUT2D eigenvalue weighted by atomic mass is 10.0. The van der Waals surface area contributed by atoms with E-state index in [2.05, 4.69) is 11.9 Å². The second kappa shape index (κ2) is 5.03. The molecule has 0 spiro atoms. The lowest BCUT2D eigenvalue weighted by Gasteiger charge is -2.11. The lowest BCUT2D eigenvalue weighted by molar-refractivity contribution is -0.137. The number of hydrogen-bond donors (Lipinski definition) is 1. The van der Waals surface area contributed by atoms with Crippen molar-refractivity contribution in [3.8, 4) is 0 Å². The average molecular weight is 243 g/mol. The highest BCUT2D eigenvalue weighted by molar-refractivity contribution is 5.94. The summed E-state index contributed by atoms with van der Waals surface area (Å²) in [5.74, 6) is -0.399. The Morgan fingerprint density at radius 1 is 1.47 bits per heavy atom. The summed E-state index contributed by atoms with van der Waals surface area (Å²) < 4.78 is 37.7. The van der Waals surface area contributed by atoms with Crippen molar-refractivity contribution >= 4 is 12.0 Å². The number of halogens is 3. The van der Waals surface area contributed by atoms with E-state index in [1.807, 2.05) is 0 Å². The molecule has 0 aliphatic carbocycles. The Bertz CT molecular complexity index is 438. The third kappa shape index (κ3) is 3.09. The summed E-state index contributed by atoms with van der Waals surface area (Å²) in [6.45, 7) is 5.47. The molecule has 1 aromatic carbocycles. The molecule has 1 N–H and O–H groups in total. The van der Waals surface area contributed by atoms with Crippen LogP contribution in [0.4, 0.5) is 13.2 Å². The van der Waals surface area contributed by atoms with Crippen LogP contribution < -0.4 is 5.32 Å². The van der Waals surface area contributed by atoms with Gasteiger partial charge < -0.3 is 5.32 Å². The van der Waals surface area contributed by atoms with Crippen LogP contribution in [-0.2, 0) is 6.18 Å². The SMILES string of the molecule is C=Cc1cc(C(=O)NCC)ccc1C(F)(F)F. The van der Waals surface area contributed by atoms with Crippen molar-refractivity contribution in [2.24, 2.45) is 0 Å². The first-order valence-electron chi connectivity index (χ1n) is 5.02. The van der Waals surface area contributed by atoms with Gasteiger partial charge in [0.15, 0.2) is 0 Å². The minimum absolute atomic E-state index is 0.0961. The second-order valence-electron chi connectivity index (χ2n) is 3.36. The molecule has 0 aromatic heterocycles. The fourth-order valence-electron chi connectivity index (χ4n) is 1.39. The van der Waals surface area contributed by atoms with E-state index in [-0.39, 0.29) is 11.1 Å². The lowest BCUT2D eigenvalue weighted by Crippen LogP contribution is -2.23. The zero-order valence-electron chi connectivity index (χ0n) is 9.27. The fraction of sp³-hybridized carbons (Fsp3) is 0.250. The molecule has 0 aliphatic heterocycles. The van der Waals surface area contributed by atoms with Crippen LogP contribution in [0.2, 0.25) is 0 Å². The molecule has 0 atom stereocenters. The summed E-state index contributed by atoms with van der Waals surface area (Å²) in [5, 5.41) is 2.52. The second-order valence-corrected chi connectivity index (χ2v) is 3.36. The number of amides is 1. The van der Waals surface area contributed by atoms with Gasteiger partial charge in [-0.3, -0.25) is 4.79 Å². The van der Waals surface area contributed by atoms with Crippen LogP contribution >= 0.6 is 0 Å². The Kier molecular flexibility index (Phi) is 3.93. The van der Waals surface area contributed by atoms with Crippen molar-refractivity contribution in [2.45, 2.75) is 13.1 Å². The summed E-state index contributed by atoms with van der Waals surface area (Å²) in [6, 6.07) is 3.23. The standard InChI is InChI=1S/C12H12F3NO/c1-3-8-7-9(11(17)16-4-2)5-6-10(8)12(13,14)15/h3,5-7H,1,4H2,2H3,(H,16,17). The minimum Gasteiger partial charge on any atom is -0.352 e. The third-order valence-corrected chi connectivity index (χ3v) is 2.18. The van der Waals surface area contributed by atoms with Gasteiger partial charge in [-0.05, 0) is 30.7 Å². The quantitative estimate of drug-likeness (QED) is 0.868. The Morgan fingerprint density at radius 2 is 2.12 bits per heavy atom. The predicted octanol–water partition coefficient (Wildman–Crippen LogP) is 3.10. The highest BCUT2D eigenvalue weighted by Gasteiger charge is 2.32. The molecule has 0 radical (unpaired) electrons. The summed E-state index contributed by atoms with van der Waals surface area (Å²) in [7, 11) is 0. The molecule has 17 heavy (non-hydrogen) atoms. The molecule has 0 bridgehead atoms. The molecule has 2 nitrogen and oxygen atoms in total. The summed E-state index contributed by atoms with van der Waals surface area (Å²) in [5.41, 5.74) is -0.698. The van der Waals surface area contributed by atoms with Gasteiger partial charge in [-0.1, -0.05) is 12.7 Å². The first kappa shape index (κ1) is 13.3. The maximum absolute atomic E-state index is 12.6. The topological polar surface area (TPSA) is 29.1 Å². The molecule has 0 saturated heterocycles. The number of alkyl halides is 3. The van der Waals surface area contributed by atoms with Crippen molar-refractivity contribution in [1.29, 1.82) is 0 Å². The molecule has 0 fully saturated rings. The van der Waals surface area contributed by atoms with Gasteiger partial charge in [0, 0.05) is 12.1 Å². The van der Waals surface area contributed by atoms with E-state index in [0.717, 1.165) is 18.2 Å². The Morgan fingerprint density at radius 3 is 2.59 bits per heavy atom. The highest BCUT2D eigenvalue weighted by Crippen LogP contribution is 2.32. The zero-order valence-corrected chi connectivity index (χ0v) is 9.27. The van der Waals surface area contributed by atoms with Gasteiger partial charge in [-0.15, -0.1) is 0 Å². The van der Waals surface area contributed by atoms with Crippen molar-refractivity contribution in [3.63, 3.8) is 0 Å². The summed E-state index contributed by atoms with van der Waals surface area (Å²) in [6.07, 6.45) is -3.35. The monoisotopic (exact) mass is 243 g/mol. The van der Waals surface area contributed by atoms with Crippen molar-refractivity contribution in [1.82, 2.24) is 5.32 Å². The molecule has 0 heterocycles. The van der Waals surface area contributed by atoms with Gasteiger partial charge in [0.05, 0.1) is 5.56 Å². The maximum Gasteiger partial charge on any atom is 0.416 e. The first-order valence-corrected chi connectivity index (χ1v) is 5.02. The zero-order chi connectivity index (χ0) is 13.1. The van der Waals surface area contributed by atoms with Gasteiger partial charge in [0.25, 0.3) is 5.91 Å². The van der Waals surface area contributed by atoms with E-state index in [1.165, 1.54) is 6.07 Å². The van der Waals surface area contributed by atoms with Gasteiger partial charge in [-0.2, -0.15) is 13.2 Å². The third-order valence-electron chi connectivity index (χ3n) is 2.18. The van der Waals surface area contributed by atoms with Crippen molar-refractivity contribution < 1.29 is 18.0 Å². The number of benzene rings is 1. The van der Waals surface area contributed by atoms with Crippen LogP contribution in [0.5, 0.6) is 0 Å². The van der Waals surface area contributed by atoms with Crippen molar-refractivity contribution in [2.75, 3.05) is 6.54 Å². The van der Waals surface area contributed by atoms with E-state index in [4.69, 9.17) is 0 Å². The van der Waals surface area contributed by atoms with E-state index in [9.17, 15) is 18.0 Å². The predicted molar refractivity (Wildman–Crippen MR) is 59.5 cm³/mol. The number of nitrogens with one attached hydrogen (secondary N) is 1. The number of rotatable bonds is 3. The van der Waals surface area contributed by atoms with E-state index >= 15 is 0 Å². The minimum atomic E-state index is -4.44. The van der Waals surface area contributed by atoms with Gasteiger partial charge in [0.1, 0.15) is 0 Å². The van der Waals surface area contributed by atoms with E-state index in [1.54, 1.807) is 6.92 Å². The first-order chi connectivity index (χ1) is 7.90. The highest BCUT2D eigenvalue weighted by atomic mass is 19.4. The van der Waals surface area contributed by atoms with Crippen LogP contribution in [0.3, 0.4) is 0 Å². The van der Waals surface area contributed by atoms with Gasteiger partial charge in [-0.25, -0.2) is 0 Å². The molecule has 1 amide bonds. The Labute approximate surface area is 97.1 Å². The van der Waals surface area contributed by atoms with Crippen LogP contribution in [0.15, 0.2) is 24.8 Å². The normalized spacial score (nSPS) is 11.1. The number of carbonyl (C=O) groups is 1. The average Bonchev–Trinajstić information content (AvgIpc) is 2.27. The smallest absolute Gasteiger partial charge is 0.352 e. The van der Waals surface area contributed by atoms with Gasteiger partial charge in [0.2, 0.25) is 0 Å². The molecular weight excluding hydrogens is 231 g/mol. The van der Waals surface area contributed by atoms with Crippen LogP contribution in [-0.4, -0.2) is 12.5 Å². The molecule has 1 rings (SSSR count). The van der Waals surface area contributed by atoms with Crippen LogP contribution in [0.25, 0.3) is 6.08 Å². The molecule has 92 valence electrons. The molecule has 0 saturated carbocycles. The van der Waals surface area contributed by atoms with Gasteiger partial charge >= 0.3 is 6.18 Å². The molecule has 0 aliphatic rings. The maximum atomic E-state index is 12.6. The van der Waals surface area contributed by atoms with E-state index < -0.39 is 17.6 Å². The fourth-order valence-corrected chi connectivity index (χ4v) is 1.39. The molecular formula is C12H12F3NO. The Hall–Kier alpha value is -1.78. The number of carbonyl (C=O) groups excluding carboxylic acids is 1. The van der Waals surface area contributed by atoms with E-state index in [0.29, 0.717) is 6.54 Å². The van der Waals surface area contributed by atoms with Crippen LogP contribution in [0.1, 0.15) is 28.4 Å². The molecule has 1 aromatic rings. The number of hydrogen-bond acceptors (Lipinski definition) is 1.